The molecule has 0 aliphatic carbocycles. The van der Waals surface area contributed by atoms with Gasteiger partial charge in [-0.1, -0.05) is 0 Å². The number of benzene rings is 2. The molecular weight excluding hydrogens is 520 g/mol. The van der Waals surface area contributed by atoms with Crippen LogP contribution in [0.1, 0.15) is 29.3 Å². The van der Waals surface area contributed by atoms with Crippen LogP contribution in [0.5, 0.6) is 0 Å². The van der Waals surface area contributed by atoms with E-state index in [-0.39, 0.29) is 42.2 Å². The summed E-state index contributed by atoms with van der Waals surface area (Å²) in [6, 6.07) is 8.44. The second-order valence-corrected chi connectivity index (χ2v) is 9.02. The van der Waals surface area contributed by atoms with Crippen molar-refractivity contribution >= 4 is 58.6 Å². The maximum absolute atomic E-state index is 12.8. The molecule has 1 aliphatic heterocycles. The summed E-state index contributed by atoms with van der Waals surface area (Å²) in [5.74, 6) is -4.93. The van der Waals surface area contributed by atoms with E-state index in [9.17, 15) is 39.2 Å². The van der Waals surface area contributed by atoms with Crippen LogP contribution in [0.4, 0.5) is 17.1 Å². The molecule has 1 aliphatic rings. The van der Waals surface area contributed by atoms with E-state index in [0.29, 0.717) is 5.56 Å². The van der Waals surface area contributed by atoms with Crippen molar-refractivity contribution in [1.29, 1.82) is 0 Å². The van der Waals surface area contributed by atoms with E-state index in [1.54, 1.807) is 0 Å². The van der Waals surface area contributed by atoms with Crippen molar-refractivity contribution in [2.75, 3.05) is 17.2 Å². The predicted octanol–water partition coefficient (Wildman–Crippen LogP) is 1.98. The third-order valence-electron chi connectivity index (χ3n) is 5.77. The molecule has 4 N–H and O–H groups in total. The number of non-ortho nitro benzene ring substituents is 1. The van der Waals surface area contributed by atoms with Crippen LogP contribution in [0.25, 0.3) is 0 Å². The van der Waals surface area contributed by atoms with E-state index in [1.807, 2.05) is 0 Å². The number of esters is 1. The molecule has 200 valence electrons. The van der Waals surface area contributed by atoms with Crippen LogP contribution < -0.4 is 16.0 Å². The average molecular weight is 545 g/mol. The van der Waals surface area contributed by atoms with Gasteiger partial charge in [-0.05, 0) is 48.2 Å². The first-order chi connectivity index (χ1) is 17.9. The van der Waals surface area contributed by atoms with Gasteiger partial charge in [0.2, 0.25) is 11.8 Å². The molecule has 14 heteroatoms. The topological polar surface area (TPSA) is 194 Å². The van der Waals surface area contributed by atoms with E-state index in [2.05, 4.69) is 28.6 Å². The molecule has 13 nitrogen and oxygen atoms in total. The van der Waals surface area contributed by atoms with Gasteiger partial charge >= 0.3 is 11.9 Å². The van der Waals surface area contributed by atoms with Crippen LogP contribution in [-0.4, -0.2) is 51.5 Å². The molecule has 2 aromatic carbocycles. The maximum atomic E-state index is 12.8. The molecule has 1 heterocycles. The molecule has 0 aromatic heterocycles. The molecule has 0 spiro atoms. The molecule has 3 rings (SSSR count). The summed E-state index contributed by atoms with van der Waals surface area (Å²) in [7, 11) is 0. The zero-order valence-electron chi connectivity index (χ0n) is 20.0. The Bertz CT molecular complexity index is 1280. The van der Waals surface area contributed by atoms with Crippen LogP contribution in [0, 0.1) is 22.0 Å². The highest BCUT2D eigenvalue weighted by atomic mass is 32.1. The summed E-state index contributed by atoms with van der Waals surface area (Å²) in [5.41, 5.74) is 0.527. The first-order valence-corrected chi connectivity index (χ1v) is 11.7. The normalized spacial score (nSPS) is 17.2. The number of nitro benzene ring substituents is 1. The fourth-order valence-electron chi connectivity index (χ4n) is 4.00. The van der Waals surface area contributed by atoms with Crippen molar-refractivity contribution in [3.63, 3.8) is 0 Å². The van der Waals surface area contributed by atoms with Gasteiger partial charge in [0.1, 0.15) is 12.5 Å². The molecule has 0 saturated carbocycles. The molecule has 0 radical (unpaired) electrons. The van der Waals surface area contributed by atoms with Crippen LogP contribution >= 0.6 is 12.6 Å². The molecule has 3 atom stereocenters. The minimum absolute atomic E-state index is 0.0899. The average Bonchev–Trinajstić information content (AvgIpc) is 3.32. The van der Waals surface area contributed by atoms with Crippen LogP contribution in [-0.2, 0) is 30.5 Å². The van der Waals surface area contributed by atoms with Crippen molar-refractivity contribution in [3.8, 4) is 0 Å². The Morgan fingerprint density at radius 1 is 1.13 bits per heavy atom. The zero-order chi connectivity index (χ0) is 28.0. The summed E-state index contributed by atoms with van der Waals surface area (Å²) in [6.07, 6.45) is 0.0899. The maximum Gasteiger partial charge on any atom is 0.335 e. The van der Waals surface area contributed by atoms with Crippen molar-refractivity contribution in [3.05, 3.63) is 63.7 Å². The van der Waals surface area contributed by atoms with E-state index >= 15 is 0 Å². The molecule has 1 unspecified atom stereocenters. The van der Waals surface area contributed by atoms with E-state index in [4.69, 9.17) is 4.74 Å². The van der Waals surface area contributed by atoms with Crippen molar-refractivity contribution in [2.24, 2.45) is 11.8 Å². The smallest absolute Gasteiger partial charge is 0.335 e. The van der Waals surface area contributed by atoms with Crippen LogP contribution in [0.15, 0.2) is 42.5 Å². The molecule has 1 fully saturated rings. The fourth-order valence-corrected chi connectivity index (χ4v) is 4.31. The van der Waals surface area contributed by atoms with E-state index < -0.39 is 51.7 Å². The predicted molar refractivity (Wildman–Crippen MR) is 137 cm³/mol. The van der Waals surface area contributed by atoms with E-state index in [0.717, 1.165) is 0 Å². The van der Waals surface area contributed by atoms with Crippen molar-refractivity contribution < 1.29 is 38.7 Å². The summed E-state index contributed by atoms with van der Waals surface area (Å²) in [4.78, 5) is 70.7. The molecule has 2 aromatic rings. The zero-order valence-corrected chi connectivity index (χ0v) is 20.9. The highest BCUT2D eigenvalue weighted by molar-refractivity contribution is 7.96. The molecule has 1 saturated heterocycles. The van der Waals surface area contributed by atoms with Gasteiger partial charge in [-0.2, -0.15) is 0 Å². The number of hydrogen-bond donors (Lipinski definition) is 5. The number of nitrogens with one attached hydrogen (secondary N) is 3. The second-order valence-electron chi connectivity index (χ2n) is 8.58. The first-order valence-electron chi connectivity index (χ1n) is 11.3. The summed E-state index contributed by atoms with van der Waals surface area (Å²) in [5, 5.41) is 27.3. The lowest BCUT2D eigenvalue weighted by Gasteiger charge is -2.18. The quantitative estimate of drug-likeness (QED) is 0.0970. The van der Waals surface area contributed by atoms with Crippen LogP contribution in [0.3, 0.4) is 0 Å². The minimum atomic E-state index is -1.26. The Hall–Kier alpha value is -4.30. The third-order valence-corrected chi connectivity index (χ3v) is 6.05. The second kappa shape index (κ2) is 12.3. The number of carboxylic acids is 1. The highest BCUT2D eigenvalue weighted by Gasteiger charge is 2.41. The number of carbonyl (C=O) groups excluding carboxylic acids is 4. The number of carboxylic acid groups (broad SMARTS) is 1. The standard InChI is InChI=1S/C24H24N4O9S/c1-12(29)26-16-6-14(22(31)32)7-17(9-16)27-21(30)19-8-15(10-25-19)20(24(34)38)23(33)37-11-13-2-4-18(5-3-13)28(35)36/h2-7,9,15,19-20,25H,8,10-11H2,1H3,(H,26,29)(H,27,30)(H,31,32)(H,34,38)/t15-,19?,20+/m1/s1. The number of anilines is 2. The molecule has 2 amide bonds. The summed E-state index contributed by atoms with van der Waals surface area (Å²) >= 11 is 3.82. The Morgan fingerprint density at radius 2 is 1.76 bits per heavy atom. The number of nitrogens with zero attached hydrogens (tertiary/aromatic N) is 1. The Labute approximate surface area is 221 Å². The highest BCUT2D eigenvalue weighted by Crippen LogP contribution is 2.28. The fraction of sp³-hybridized carbons (Fsp3) is 0.292. The Balaban J connectivity index is 1.63. The SMILES string of the molecule is CC(=O)Nc1cc(NC(=O)C2C[C@@H]([C@H](C(=O)S)C(=O)OCc3ccc([N+](=O)[O-])cc3)CN2)cc(C(=O)O)c1. The number of aromatic carboxylic acids is 1. The van der Waals surface area contributed by atoms with Gasteiger partial charge in [-0.3, -0.25) is 29.3 Å². The largest absolute Gasteiger partial charge is 0.478 e. The van der Waals surface area contributed by atoms with Gasteiger partial charge in [0.15, 0.2) is 5.12 Å². The summed E-state index contributed by atoms with van der Waals surface area (Å²) < 4.78 is 5.24. The third kappa shape index (κ3) is 7.36. The van der Waals surface area contributed by atoms with Gasteiger partial charge in [0.05, 0.1) is 16.5 Å². The Kier molecular flexibility index (Phi) is 9.15. The van der Waals surface area contributed by atoms with Crippen LogP contribution in [0.2, 0.25) is 0 Å². The molecule has 38 heavy (non-hydrogen) atoms. The van der Waals surface area contributed by atoms with Gasteiger partial charge in [-0.15, -0.1) is 12.6 Å². The lowest BCUT2D eigenvalue weighted by molar-refractivity contribution is -0.384. The lowest BCUT2D eigenvalue weighted by atomic mass is 9.90. The number of rotatable bonds is 10. The lowest BCUT2D eigenvalue weighted by Crippen LogP contribution is -2.35. The number of nitro groups is 1. The van der Waals surface area contributed by atoms with Gasteiger partial charge in [0, 0.05) is 37.0 Å². The summed E-state index contributed by atoms with van der Waals surface area (Å²) in [6.45, 7) is 1.17. The van der Waals surface area contributed by atoms with Gasteiger partial charge in [-0.25, -0.2) is 4.79 Å². The molecule has 0 bridgehead atoms. The monoisotopic (exact) mass is 544 g/mol. The number of hydrogen-bond acceptors (Lipinski definition) is 9. The number of ether oxygens (including phenoxy) is 1. The van der Waals surface area contributed by atoms with Gasteiger partial charge < -0.3 is 25.8 Å². The first kappa shape index (κ1) is 28.3. The molecular formula is C24H24N4O9S. The minimum Gasteiger partial charge on any atom is -0.478 e. The number of carbonyl (C=O) groups is 5. The van der Waals surface area contributed by atoms with E-state index in [1.165, 1.54) is 49.4 Å². The number of amides is 2. The number of thiol groups is 1. The Morgan fingerprint density at radius 3 is 2.32 bits per heavy atom. The van der Waals surface area contributed by atoms with Gasteiger partial charge in [0.25, 0.3) is 5.69 Å². The van der Waals surface area contributed by atoms with Crippen molar-refractivity contribution in [2.45, 2.75) is 26.0 Å². The van der Waals surface area contributed by atoms with Crippen molar-refractivity contribution in [1.82, 2.24) is 5.32 Å².